The van der Waals surface area contributed by atoms with E-state index in [0.29, 0.717) is 11.1 Å². The molecule has 0 radical (unpaired) electrons. The van der Waals surface area contributed by atoms with Gasteiger partial charge in [-0.2, -0.15) is 4.98 Å². The zero-order chi connectivity index (χ0) is 10.8. The zero-order valence-corrected chi connectivity index (χ0v) is 8.28. The number of fused-ring (bicyclic) bond motifs is 1. The number of aromatic nitrogens is 1. The molecule has 0 spiro atoms. The van der Waals surface area contributed by atoms with Crippen molar-refractivity contribution in [2.45, 2.75) is 6.92 Å². The molecular formula is C10H11N3O2. The highest BCUT2D eigenvalue weighted by Crippen LogP contribution is 2.19. The lowest BCUT2D eigenvalue weighted by Gasteiger charge is -1.94. The van der Waals surface area contributed by atoms with Crippen molar-refractivity contribution in [2.75, 3.05) is 11.9 Å². The molecule has 2 aromatic rings. The van der Waals surface area contributed by atoms with Gasteiger partial charge in [0.05, 0.1) is 6.54 Å². The first-order chi connectivity index (χ1) is 7.19. The van der Waals surface area contributed by atoms with Gasteiger partial charge in [0, 0.05) is 0 Å². The molecule has 0 aliphatic heterocycles. The standard InChI is InChI=1S/C10H11N3O2/c1-6-2-3-7-8(4-6)15-10(12-7)13-9(14)5-11/h2-4H,5,11H2,1H3,(H,12,13,14). The number of amides is 1. The third-order valence-corrected chi connectivity index (χ3v) is 1.98. The van der Waals surface area contributed by atoms with Gasteiger partial charge in [0.25, 0.3) is 0 Å². The summed E-state index contributed by atoms with van der Waals surface area (Å²) in [5, 5.41) is 2.46. The second kappa shape index (κ2) is 3.70. The lowest BCUT2D eigenvalue weighted by molar-refractivity contribution is -0.115. The molecule has 3 N–H and O–H groups in total. The van der Waals surface area contributed by atoms with Crippen LogP contribution in [0.25, 0.3) is 11.1 Å². The first-order valence-corrected chi connectivity index (χ1v) is 4.56. The van der Waals surface area contributed by atoms with E-state index in [1.165, 1.54) is 0 Å². The van der Waals surface area contributed by atoms with E-state index in [1.807, 2.05) is 25.1 Å². The van der Waals surface area contributed by atoms with Crippen molar-refractivity contribution < 1.29 is 9.21 Å². The molecule has 0 saturated heterocycles. The number of nitrogens with one attached hydrogen (secondary N) is 1. The van der Waals surface area contributed by atoms with Crippen LogP contribution in [0.15, 0.2) is 22.6 Å². The predicted molar refractivity (Wildman–Crippen MR) is 56.4 cm³/mol. The number of oxazole rings is 1. The van der Waals surface area contributed by atoms with Gasteiger partial charge < -0.3 is 10.2 Å². The highest BCUT2D eigenvalue weighted by Gasteiger charge is 2.07. The average Bonchev–Trinajstić information content (AvgIpc) is 2.59. The molecule has 78 valence electrons. The number of carbonyl (C=O) groups is 1. The van der Waals surface area contributed by atoms with E-state index in [9.17, 15) is 4.79 Å². The zero-order valence-electron chi connectivity index (χ0n) is 8.28. The van der Waals surface area contributed by atoms with Crippen LogP contribution in [-0.2, 0) is 4.79 Å². The third kappa shape index (κ3) is 1.97. The molecule has 2 rings (SSSR count). The SMILES string of the molecule is Cc1ccc2nc(NC(=O)CN)oc2c1. The Balaban J connectivity index is 2.34. The van der Waals surface area contributed by atoms with E-state index in [-0.39, 0.29) is 18.5 Å². The van der Waals surface area contributed by atoms with Crippen LogP contribution >= 0.6 is 0 Å². The summed E-state index contributed by atoms with van der Waals surface area (Å²) in [7, 11) is 0. The van der Waals surface area contributed by atoms with E-state index in [4.69, 9.17) is 10.2 Å². The molecule has 0 aliphatic rings. The molecule has 5 nitrogen and oxygen atoms in total. The van der Waals surface area contributed by atoms with Gasteiger partial charge in [-0.05, 0) is 24.6 Å². The number of hydrogen-bond acceptors (Lipinski definition) is 4. The van der Waals surface area contributed by atoms with Crippen LogP contribution in [0.4, 0.5) is 6.01 Å². The van der Waals surface area contributed by atoms with Crippen LogP contribution in [-0.4, -0.2) is 17.4 Å². The number of anilines is 1. The van der Waals surface area contributed by atoms with Crippen LogP contribution in [0, 0.1) is 6.92 Å². The molecule has 0 atom stereocenters. The maximum atomic E-state index is 11.0. The van der Waals surface area contributed by atoms with Gasteiger partial charge in [-0.3, -0.25) is 10.1 Å². The highest BCUT2D eigenvalue weighted by atomic mass is 16.4. The van der Waals surface area contributed by atoms with Crippen LogP contribution in [0.2, 0.25) is 0 Å². The van der Waals surface area contributed by atoms with Crippen molar-refractivity contribution in [3.63, 3.8) is 0 Å². The van der Waals surface area contributed by atoms with Crippen LogP contribution < -0.4 is 11.1 Å². The van der Waals surface area contributed by atoms with Crippen molar-refractivity contribution in [1.82, 2.24) is 4.98 Å². The van der Waals surface area contributed by atoms with Crippen molar-refractivity contribution in [3.05, 3.63) is 23.8 Å². The molecule has 0 bridgehead atoms. The maximum absolute atomic E-state index is 11.0. The quantitative estimate of drug-likeness (QED) is 0.767. The molecule has 0 unspecified atom stereocenters. The predicted octanol–water partition coefficient (Wildman–Crippen LogP) is 1.03. The summed E-state index contributed by atoms with van der Waals surface area (Å²) in [4.78, 5) is 15.1. The largest absolute Gasteiger partial charge is 0.423 e. The summed E-state index contributed by atoms with van der Waals surface area (Å²) in [6.45, 7) is 1.87. The molecule has 1 aromatic heterocycles. The number of nitrogens with two attached hydrogens (primary N) is 1. The number of benzene rings is 1. The molecule has 0 aliphatic carbocycles. The van der Waals surface area contributed by atoms with E-state index in [0.717, 1.165) is 5.56 Å². The molecule has 0 fully saturated rings. The fourth-order valence-electron chi connectivity index (χ4n) is 1.26. The van der Waals surface area contributed by atoms with Crippen molar-refractivity contribution in [1.29, 1.82) is 0 Å². The fourth-order valence-corrected chi connectivity index (χ4v) is 1.26. The Hall–Kier alpha value is -1.88. The van der Waals surface area contributed by atoms with Gasteiger partial charge in [0.1, 0.15) is 5.52 Å². The monoisotopic (exact) mass is 205 g/mol. The van der Waals surface area contributed by atoms with Crippen LogP contribution in [0.3, 0.4) is 0 Å². The van der Waals surface area contributed by atoms with E-state index < -0.39 is 0 Å². The van der Waals surface area contributed by atoms with Gasteiger partial charge in [-0.25, -0.2) is 0 Å². The van der Waals surface area contributed by atoms with Gasteiger partial charge >= 0.3 is 6.01 Å². The molecule has 1 heterocycles. The molecular weight excluding hydrogens is 194 g/mol. The highest BCUT2D eigenvalue weighted by molar-refractivity contribution is 5.91. The van der Waals surface area contributed by atoms with E-state index >= 15 is 0 Å². The first kappa shape index (κ1) is 9.67. The number of nitrogens with zero attached hydrogens (tertiary/aromatic N) is 1. The average molecular weight is 205 g/mol. The van der Waals surface area contributed by atoms with Crippen molar-refractivity contribution in [2.24, 2.45) is 5.73 Å². The lowest BCUT2D eigenvalue weighted by Crippen LogP contribution is -2.21. The Morgan fingerprint density at radius 1 is 1.60 bits per heavy atom. The minimum atomic E-state index is -0.321. The summed E-state index contributed by atoms with van der Waals surface area (Å²) < 4.78 is 5.32. The Morgan fingerprint density at radius 2 is 2.40 bits per heavy atom. The van der Waals surface area contributed by atoms with Crippen LogP contribution in [0.5, 0.6) is 0 Å². The Labute approximate surface area is 86.3 Å². The first-order valence-electron chi connectivity index (χ1n) is 4.56. The van der Waals surface area contributed by atoms with Gasteiger partial charge in [-0.15, -0.1) is 0 Å². The smallest absolute Gasteiger partial charge is 0.302 e. The summed E-state index contributed by atoms with van der Waals surface area (Å²) in [6.07, 6.45) is 0. The lowest BCUT2D eigenvalue weighted by atomic mass is 10.2. The Morgan fingerprint density at radius 3 is 3.13 bits per heavy atom. The number of hydrogen-bond donors (Lipinski definition) is 2. The Kier molecular flexibility index (Phi) is 2.39. The minimum Gasteiger partial charge on any atom is -0.423 e. The van der Waals surface area contributed by atoms with Crippen molar-refractivity contribution in [3.8, 4) is 0 Å². The van der Waals surface area contributed by atoms with Gasteiger partial charge in [-0.1, -0.05) is 6.07 Å². The summed E-state index contributed by atoms with van der Waals surface area (Å²) in [6, 6.07) is 5.82. The molecule has 5 heteroatoms. The molecule has 15 heavy (non-hydrogen) atoms. The molecule has 1 aromatic carbocycles. The molecule has 0 saturated carbocycles. The number of carbonyl (C=O) groups excluding carboxylic acids is 1. The third-order valence-electron chi connectivity index (χ3n) is 1.98. The van der Waals surface area contributed by atoms with Crippen LogP contribution in [0.1, 0.15) is 5.56 Å². The van der Waals surface area contributed by atoms with E-state index in [2.05, 4.69) is 10.3 Å². The van der Waals surface area contributed by atoms with Crippen molar-refractivity contribution >= 4 is 23.0 Å². The second-order valence-electron chi connectivity index (χ2n) is 3.24. The van der Waals surface area contributed by atoms with E-state index in [1.54, 1.807) is 0 Å². The number of rotatable bonds is 2. The fraction of sp³-hybridized carbons (Fsp3) is 0.200. The maximum Gasteiger partial charge on any atom is 0.302 e. The Bertz CT molecular complexity index is 504. The number of aryl methyl sites for hydroxylation is 1. The topological polar surface area (TPSA) is 81.2 Å². The van der Waals surface area contributed by atoms with Gasteiger partial charge in [0.2, 0.25) is 5.91 Å². The second-order valence-corrected chi connectivity index (χ2v) is 3.24. The summed E-state index contributed by atoms with van der Waals surface area (Å²) >= 11 is 0. The summed E-state index contributed by atoms with van der Waals surface area (Å²) in [5.41, 5.74) is 7.61. The normalized spacial score (nSPS) is 10.5. The van der Waals surface area contributed by atoms with Gasteiger partial charge in [0.15, 0.2) is 5.58 Å². The minimum absolute atomic E-state index is 0.0856. The summed E-state index contributed by atoms with van der Waals surface area (Å²) in [5.74, 6) is -0.321. The molecule has 1 amide bonds.